The number of phenolic OH excluding ortho intramolecular Hbond substituents is 1. The summed E-state index contributed by atoms with van der Waals surface area (Å²) in [5.74, 6) is -0.0588. The molecule has 2 rings (SSSR count). The Morgan fingerprint density at radius 1 is 1.24 bits per heavy atom. The molecule has 21 heavy (non-hydrogen) atoms. The summed E-state index contributed by atoms with van der Waals surface area (Å²) in [6.45, 7) is 3.57. The van der Waals surface area contributed by atoms with Crippen LogP contribution in [0.1, 0.15) is 30.1 Å². The van der Waals surface area contributed by atoms with Gasteiger partial charge in [0.25, 0.3) is 5.91 Å². The fourth-order valence-electron chi connectivity index (χ4n) is 2.42. The first-order chi connectivity index (χ1) is 9.89. The summed E-state index contributed by atoms with van der Waals surface area (Å²) in [5, 5.41) is 21.0. The van der Waals surface area contributed by atoms with Gasteiger partial charge in [0.15, 0.2) is 0 Å². The van der Waals surface area contributed by atoms with Crippen molar-refractivity contribution >= 4 is 12.0 Å². The third kappa shape index (κ3) is 3.87. The number of likely N-dealkylation sites (tertiary alicyclic amines) is 1. The second-order valence-corrected chi connectivity index (χ2v) is 5.81. The van der Waals surface area contributed by atoms with Gasteiger partial charge < -0.3 is 20.4 Å². The van der Waals surface area contributed by atoms with E-state index in [1.165, 1.54) is 17.0 Å². The second kappa shape index (κ2) is 6.03. The monoisotopic (exact) mass is 292 g/mol. The van der Waals surface area contributed by atoms with Crippen molar-refractivity contribution in [1.82, 2.24) is 10.2 Å². The third-order valence-electron chi connectivity index (χ3n) is 4.05. The molecule has 0 aliphatic carbocycles. The van der Waals surface area contributed by atoms with E-state index in [0.29, 0.717) is 25.2 Å². The van der Waals surface area contributed by atoms with E-state index in [1.54, 1.807) is 12.1 Å². The Labute approximate surface area is 123 Å². The molecule has 1 heterocycles. The molecule has 1 aliphatic rings. The Morgan fingerprint density at radius 3 is 2.33 bits per heavy atom. The molecule has 0 aromatic heterocycles. The molecule has 1 aromatic carbocycles. The minimum atomic E-state index is -0.884. The predicted octanol–water partition coefficient (Wildman–Crippen LogP) is 1.90. The van der Waals surface area contributed by atoms with E-state index < -0.39 is 6.09 Å². The van der Waals surface area contributed by atoms with Gasteiger partial charge >= 0.3 is 6.09 Å². The van der Waals surface area contributed by atoms with Gasteiger partial charge in [0.2, 0.25) is 0 Å². The molecule has 2 amide bonds. The summed E-state index contributed by atoms with van der Waals surface area (Å²) < 4.78 is 0. The molecule has 1 fully saturated rings. The van der Waals surface area contributed by atoms with Gasteiger partial charge in [0, 0.05) is 25.2 Å². The van der Waals surface area contributed by atoms with Crippen molar-refractivity contribution in [3.63, 3.8) is 0 Å². The summed E-state index contributed by atoms with van der Waals surface area (Å²) in [6, 6.07) is 6.09. The normalized spacial score (nSPS) is 17.3. The smallest absolute Gasteiger partial charge is 0.407 e. The largest absolute Gasteiger partial charge is 0.508 e. The van der Waals surface area contributed by atoms with Crippen LogP contribution in [0.15, 0.2) is 24.3 Å². The fraction of sp³-hybridized carbons (Fsp3) is 0.467. The number of amides is 2. The lowest BCUT2D eigenvalue weighted by molar-refractivity contribution is 0.0833. The predicted molar refractivity (Wildman–Crippen MR) is 77.4 cm³/mol. The Balaban J connectivity index is 1.86. The van der Waals surface area contributed by atoms with Crippen molar-refractivity contribution in [1.29, 1.82) is 0 Å². The molecule has 1 saturated heterocycles. The van der Waals surface area contributed by atoms with Crippen molar-refractivity contribution in [2.24, 2.45) is 5.41 Å². The van der Waals surface area contributed by atoms with Gasteiger partial charge in [-0.15, -0.1) is 0 Å². The first kappa shape index (κ1) is 15.2. The van der Waals surface area contributed by atoms with Crippen molar-refractivity contribution < 1.29 is 19.8 Å². The number of benzene rings is 1. The zero-order chi connectivity index (χ0) is 15.5. The highest BCUT2D eigenvalue weighted by molar-refractivity contribution is 5.94. The van der Waals surface area contributed by atoms with Gasteiger partial charge in [0.05, 0.1) is 0 Å². The Bertz CT molecular complexity index is 519. The molecule has 0 radical (unpaired) electrons. The molecule has 0 spiro atoms. The summed E-state index contributed by atoms with van der Waals surface area (Å²) in [7, 11) is 0. The number of nitrogens with one attached hydrogen (secondary N) is 1. The zero-order valence-electron chi connectivity index (χ0n) is 12.0. The maximum atomic E-state index is 12.0. The molecule has 0 saturated carbocycles. The Kier molecular flexibility index (Phi) is 4.35. The van der Waals surface area contributed by atoms with Gasteiger partial charge in [-0.05, 0) is 42.5 Å². The molecule has 0 unspecified atom stereocenters. The van der Waals surface area contributed by atoms with E-state index >= 15 is 0 Å². The van der Waals surface area contributed by atoms with Crippen molar-refractivity contribution in [3.05, 3.63) is 29.8 Å². The standard InChI is InChI=1S/C15H20N2O4/c1-15(6-8-17(9-7-15)14(20)21)10-16-13(19)11-2-4-12(18)5-3-11/h2-5,18H,6-10H2,1H3,(H,16,19)(H,20,21). The summed E-state index contributed by atoms with van der Waals surface area (Å²) in [5.41, 5.74) is 0.415. The number of aromatic hydroxyl groups is 1. The molecule has 0 bridgehead atoms. The van der Waals surface area contributed by atoms with E-state index in [2.05, 4.69) is 12.2 Å². The third-order valence-corrected chi connectivity index (χ3v) is 4.05. The van der Waals surface area contributed by atoms with E-state index in [0.717, 1.165) is 12.8 Å². The highest BCUT2D eigenvalue weighted by Gasteiger charge is 2.32. The molecule has 1 aliphatic heterocycles. The van der Waals surface area contributed by atoms with Crippen molar-refractivity contribution in [2.75, 3.05) is 19.6 Å². The fourth-order valence-corrected chi connectivity index (χ4v) is 2.42. The molecular formula is C15H20N2O4. The zero-order valence-corrected chi connectivity index (χ0v) is 12.0. The van der Waals surface area contributed by atoms with E-state index in [4.69, 9.17) is 5.11 Å². The van der Waals surface area contributed by atoms with Crippen LogP contribution in [0.5, 0.6) is 5.75 Å². The number of hydrogen-bond acceptors (Lipinski definition) is 3. The van der Waals surface area contributed by atoms with Crippen molar-refractivity contribution in [3.8, 4) is 5.75 Å². The average Bonchev–Trinajstić information content (AvgIpc) is 2.46. The minimum absolute atomic E-state index is 0.0848. The molecule has 0 atom stereocenters. The molecule has 6 nitrogen and oxygen atoms in total. The molecule has 1 aromatic rings. The van der Waals surface area contributed by atoms with Gasteiger partial charge in [-0.2, -0.15) is 0 Å². The van der Waals surface area contributed by atoms with E-state index in [-0.39, 0.29) is 17.1 Å². The Hall–Kier alpha value is -2.24. The van der Waals surface area contributed by atoms with Crippen LogP contribution >= 0.6 is 0 Å². The highest BCUT2D eigenvalue weighted by Crippen LogP contribution is 2.30. The number of carbonyl (C=O) groups is 2. The van der Waals surface area contributed by atoms with E-state index in [1.807, 2.05) is 0 Å². The van der Waals surface area contributed by atoms with Crippen LogP contribution in [-0.2, 0) is 0 Å². The highest BCUT2D eigenvalue weighted by atomic mass is 16.4. The summed E-state index contributed by atoms with van der Waals surface area (Å²) in [6.07, 6.45) is 0.579. The maximum Gasteiger partial charge on any atom is 0.407 e. The second-order valence-electron chi connectivity index (χ2n) is 5.81. The first-order valence-corrected chi connectivity index (χ1v) is 6.95. The Morgan fingerprint density at radius 2 is 1.81 bits per heavy atom. The SMILES string of the molecule is CC1(CNC(=O)c2ccc(O)cc2)CCN(C(=O)O)CC1. The van der Waals surface area contributed by atoms with Crippen LogP contribution in [-0.4, -0.2) is 46.7 Å². The maximum absolute atomic E-state index is 12.0. The lowest BCUT2D eigenvalue weighted by Crippen LogP contribution is -2.46. The average molecular weight is 292 g/mol. The quantitative estimate of drug-likeness (QED) is 0.793. The number of carboxylic acid groups (broad SMARTS) is 1. The van der Waals surface area contributed by atoms with Gasteiger partial charge in [-0.25, -0.2) is 4.79 Å². The lowest BCUT2D eigenvalue weighted by atomic mass is 9.80. The molecule has 3 N–H and O–H groups in total. The van der Waals surface area contributed by atoms with Crippen LogP contribution < -0.4 is 5.32 Å². The number of carbonyl (C=O) groups excluding carboxylic acids is 1. The number of nitrogens with zero attached hydrogens (tertiary/aromatic N) is 1. The molecule has 114 valence electrons. The summed E-state index contributed by atoms with van der Waals surface area (Å²) in [4.78, 5) is 24.3. The number of phenols is 1. The van der Waals surface area contributed by atoms with Gasteiger partial charge in [-0.1, -0.05) is 6.92 Å². The lowest BCUT2D eigenvalue weighted by Gasteiger charge is -2.38. The van der Waals surface area contributed by atoms with Crippen LogP contribution in [0.25, 0.3) is 0 Å². The number of piperidine rings is 1. The van der Waals surface area contributed by atoms with Crippen LogP contribution in [0, 0.1) is 5.41 Å². The van der Waals surface area contributed by atoms with Gasteiger partial charge in [-0.3, -0.25) is 4.79 Å². The first-order valence-electron chi connectivity index (χ1n) is 6.95. The number of rotatable bonds is 3. The molecule has 6 heteroatoms. The van der Waals surface area contributed by atoms with Crippen LogP contribution in [0.2, 0.25) is 0 Å². The molecular weight excluding hydrogens is 272 g/mol. The topological polar surface area (TPSA) is 89.9 Å². The van der Waals surface area contributed by atoms with Crippen LogP contribution in [0.4, 0.5) is 4.79 Å². The van der Waals surface area contributed by atoms with Crippen LogP contribution in [0.3, 0.4) is 0 Å². The minimum Gasteiger partial charge on any atom is -0.508 e. The van der Waals surface area contributed by atoms with Crippen molar-refractivity contribution in [2.45, 2.75) is 19.8 Å². The van der Waals surface area contributed by atoms with Gasteiger partial charge in [0.1, 0.15) is 5.75 Å². The number of hydrogen-bond donors (Lipinski definition) is 3. The summed E-state index contributed by atoms with van der Waals surface area (Å²) >= 11 is 0. The van der Waals surface area contributed by atoms with E-state index in [9.17, 15) is 14.7 Å².